The SMILES string of the molecule is COC(=O)CC([NH-])P.[Y]. The molecule has 0 aromatic rings. The molecule has 0 amide bonds. The Morgan fingerprint density at radius 1 is 1.89 bits per heavy atom. The number of carbonyl (C=O) groups excluding carboxylic acids is 1. The Morgan fingerprint density at radius 3 is 2.44 bits per heavy atom. The molecule has 0 spiro atoms. The van der Waals surface area contributed by atoms with Crippen molar-refractivity contribution in [2.45, 2.75) is 12.2 Å². The van der Waals surface area contributed by atoms with Crippen molar-refractivity contribution >= 4 is 15.2 Å². The van der Waals surface area contributed by atoms with Crippen molar-refractivity contribution in [3.8, 4) is 0 Å². The third-order valence-electron chi connectivity index (χ3n) is 0.614. The van der Waals surface area contributed by atoms with Crippen molar-refractivity contribution in [1.82, 2.24) is 0 Å². The number of ether oxygens (including phenoxy) is 1. The number of esters is 1. The molecule has 3 nitrogen and oxygen atoms in total. The van der Waals surface area contributed by atoms with Crippen LogP contribution in [0.1, 0.15) is 6.42 Å². The molecule has 0 aliphatic rings. The molecule has 0 aromatic heterocycles. The van der Waals surface area contributed by atoms with Crippen LogP contribution in [0, 0.1) is 0 Å². The Bertz CT molecular complexity index is 88.6. The van der Waals surface area contributed by atoms with Gasteiger partial charge >= 0.3 is 5.97 Å². The molecule has 1 N–H and O–H groups in total. The summed E-state index contributed by atoms with van der Waals surface area (Å²) < 4.78 is 4.29. The minimum Gasteiger partial charge on any atom is -0.671 e. The first-order valence-electron chi connectivity index (χ1n) is 2.20. The average molecular weight is 223 g/mol. The molecular weight excluding hydrogens is 214 g/mol. The summed E-state index contributed by atoms with van der Waals surface area (Å²) in [5, 5.41) is 0. The summed E-state index contributed by atoms with van der Waals surface area (Å²) in [7, 11) is 3.51. The van der Waals surface area contributed by atoms with Gasteiger partial charge < -0.3 is 10.5 Å². The molecule has 0 saturated heterocycles. The van der Waals surface area contributed by atoms with E-state index < -0.39 is 5.78 Å². The smallest absolute Gasteiger partial charge is 0.304 e. The minimum absolute atomic E-state index is 0. The van der Waals surface area contributed by atoms with Gasteiger partial charge in [0.25, 0.3) is 0 Å². The monoisotopic (exact) mass is 223 g/mol. The molecule has 0 heterocycles. The third kappa shape index (κ3) is 8.96. The first-order chi connectivity index (χ1) is 3.66. The number of hydrogen-bond donors (Lipinski definition) is 0. The predicted molar refractivity (Wildman–Crippen MR) is 34.5 cm³/mol. The fourth-order valence-corrected chi connectivity index (χ4v) is 0.455. The summed E-state index contributed by atoms with van der Waals surface area (Å²) in [5.41, 5.74) is 6.87. The zero-order valence-corrected chi connectivity index (χ0v) is 9.25. The van der Waals surface area contributed by atoms with E-state index in [1.807, 2.05) is 0 Å². The van der Waals surface area contributed by atoms with Gasteiger partial charge in [-0.1, -0.05) is 0 Å². The van der Waals surface area contributed by atoms with E-state index in [2.05, 4.69) is 14.0 Å². The van der Waals surface area contributed by atoms with Gasteiger partial charge in [0, 0.05) is 39.1 Å². The van der Waals surface area contributed by atoms with E-state index >= 15 is 0 Å². The molecule has 0 aliphatic carbocycles. The van der Waals surface area contributed by atoms with Crippen LogP contribution >= 0.6 is 9.24 Å². The van der Waals surface area contributed by atoms with Crippen LogP contribution in [0.15, 0.2) is 0 Å². The molecule has 2 unspecified atom stereocenters. The van der Waals surface area contributed by atoms with Crippen LogP contribution in [-0.4, -0.2) is 18.9 Å². The molecule has 0 rings (SSSR count). The van der Waals surface area contributed by atoms with Crippen LogP contribution in [0.25, 0.3) is 5.73 Å². The second kappa shape index (κ2) is 7.08. The quantitative estimate of drug-likeness (QED) is 0.513. The van der Waals surface area contributed by atoms with Crippen molar-refractivity contribution in [3.63, 3.8) is 0 Å². The molecule has 0 fully saturated rings. The van der Waals surface area contributed by atoms with Crippen molar-refractivity contribution in [2.75, 3.05) is 7.11 Å². The maximum atomic E-state index is 10.3. The molecule has 51 valence electrons. The zero-order valence-electron chi connectivity index (χ0n) is 5.26. The topological polar surface area (TPSA) is 50.1 Å². The zero-order chi connectivity index (χ0) is 6.57. The predicted octanol–water partition coefficient (Wildman–Crippen LogP) is 0.800. The van der Waals surface area contributed by atoms with E-state index in [-0.39, 0.29) is 45.1 Å². The standard InChI is InChI=1S/C4H9NO2P.Y/c1-7-4(6)2-3(5)8;/h3,5H,2,8H2,1H3;/q-1;. The van der Waals surface area contributed by atoms with E-state index in [4.69, 9.17) is 5.73 Å². The van der Waals surface area contributed by atoms with E-state index in [0.717, 1.165) is 0 Å². The molecule has 0 bridgehead atoms. The summed E-state index contributed by atoms with van der Waals surface area (Å²) in [6.45, 7) is 0. The van der Waals surface area contributed by atoms with Crippen LogP contribution in [-0.2, 0) is 42.2 Å². The van der Waals surface area contributed by atoms with Gasteiger partial charge in [-0.3, -0.25) is 4.79 Å². The van der Waals surface area contributed by atoms with Gasteiger partial charge in [0.1, 0.15) is 0 Å². The third-order valence-corrected chi connectivity index (χ3v) is 0.850. The maximum absolute atomic E-state index is 10.3. The summed E-state index contributed by atoms with van der Waals surface area (Å²) in [5.74, 6) is -0.762. The Balaban J connectivity index is 0. The molecule has 2 atom stereocenters. The fraction of sp³-hybridized carbons (Fsp3) is 0.750. The van der Waals surface area contributed by atoms with Crippen LogP contribution in [0.2, 0.25) is 0 Å². The van der Waals surface area contributed by atoms with Crippen LogP contribution in [0.3, 0.4) is 0 Å². The van der Waals surface area contributed by atoms with Crippen LogP contribution in [0.5, 0.6) is 0 Å². The number of carbonyl (C=O) groups is 1. The van der Waals surface area contributed by atoms with E-state index in [1.54, 1.807) is 0 Å². The van der Waals surface area contributed by atoms with Gasteiger partial charge in [0.05, 0.1) is 7.11 Å². The Labute approximate surface area is 82.2 Å². The number of nitrogens with one attached hydrogen (secondary N) is 1. The Kier molecular flexibility index (Phi) is 9.92. The molecule has 5 heteroatoms. The number of methoxy groups -OCH3 is 1. The summed E-state index contributed by atoms with van der Waals surface area (Å²) in [6, 6.07) is 0. The number of hydrogen-bond acceptors (Lipinski definition) is 2. The molecule has 9 heavy (non-hydrogen) atoms. The van der Waals surface area contributed by atoms with Gasteiger partial charge in [-0.05, 0) is 0 Å². The Hall–Kier alpha value is 0.964. The van der Waals surface area contributed by atoms with Crippen molar-refractivity contribution in [2.24, 2.45) is 0 Å². The molecule has 0 aromatic carbocycles. The second-order valence-corrected chi connectivity index (χ2v) is 2.19. The summed E-state index contributed by atoms with van der Waals surface area (Å²) in [4.78, 5) is 10.3. The van der Waals surface area contributed by atoms with E-state index in [9.17, 15) is 4.79 Å². The fourth-order valence-electron chi connectivity index (χ4n) is 0.263. The van der Waals surface area contributed by atoms with Crippen molar-refractivity contribution in [3.05, 3.63) is 5.73 Å². The Morgan fingerprint density at radius 2 is 2.33 bits per heavy atom. The maximum Gasteiger partial charge on any atom is 0.304 e. The minimum atomic E-state index is -0.428. The van der Waals surface area contributed by atoms with Crippen molar-refractivity contribution < 1.29 is 42.2 Å². The van der Waals surface area contributed by atoms with E-state index in [1.165, 1.54) is 7.11 Å². The van der Waals surface area contributed by atoms with Crippen LogP contribution < -0.4 is 0 Å². The molecule has 0 aliphatic heterocycles. The first kappa shape index (κ1) is 12.6. The molecule has 0 saturated carbocycles. The van der Waals surface area contributed by atoms with Gasteiger partial charge in [0.2, 0.25) is 0 Å². The van der Waals surface area contributed by atoms with E-state index in [0.29, 0.717) is 0 Å². The molecule has 1 radical (unpaired) electrons. The van der Waals surface area contributed by atoms with Crippen molar-refractivity contribution in [1.29, 1.82) is 0 Å². The summed E-state index contributed by atoms with van der Waals surface area (Å²) >= 11 is 0. The second-order valence-electron chi connectivity index (χ2n) is 1.39. The van der Waals surface area contributed by atoms with Gasteiger partial charge in [-0.25, -0.2) is 0 Å². The van der Waals surface area contributed by atoms with Crippen LogP contribution in [0.4, 0.5) is 0 Å². The summed E-state index contributed by atoms with van der Waals surface area (Å²) in [6.07, 6.45) is 0.154. The largest absolute Gasteiger partial charge is 0.671 e. The molecular formula is C4H9NO2PY-. The average Bonchev–Trinajstić information content (AvgIpc) is 1.65. The van der Waals surface area contributed by atoms with Gasteiger partial charge in [-0.15, -0.1) is 5.78 Å². The van der Waals surface area contributed by atoms with Gasteiger partial charge in [0.15, 0.2) is 0 Å². The first-order valence-corrected chi connectivity index (χ1v) is 2.87. The van der Waals surface area contributed by atoms with Gasteiger partial charge in [-0.2, -0.15) is 9.24 Å². The normalized spacial score (nSPS) is 11.4. The number of rotatable bonds is 2.